The molecule has 15 heavy (non-hydrogen) atoms. The Hall–Kier alpha value is -1.60. The van der Waals surface area contributed by atoms with Crippen molar-refractivity contribution in [2.45, 2.75) is 12.0 Å². The van der Waals surface area contributed by atoms with E-state index in [1.807, 2.05) is 0 Å². The van der Waals surface area contributed by atoms with Crippen LogP contribution in [-0.4, -0.2) is 21.9 Å². The van der Waals surface area contributed by atoms with Gasteiger partial charge in [-0.15, -0.1) is 0 Å². The van der Waals surface area contributed by atoms with Crippen LogP contribution < -0.4 is 11.3 Å². The number of pyridine rings is 1. The number of halogens is 2. The molecule has 1 heterocycles. The number of carbonyl (C=O) groups is 1. The number of nitrogens with two attached hydrogens (primary N) is 1. The lowest BCUT2D eigenvalue weighted by Crippen LogP contribution is -2.47. The van der Waals surface area contributed by atoms with E-state index in [2.05, 4.69) is 10.8 Å². The zero-order chi connectivity index (χ0) is 11.5. The molecule has 0 spiro atoms. The summed E-state index contributed by atoms with van der Waals surface area (Å²) < 4.78 is 26.2. The van der Waals surface area contributed by atoms with Crippen LogP contribution in [-0.2, 0) is 4.79 Å². The third kappa shape index (κ3) is 2.25. The molecule has 0 saturated carbocycles. The van der Waals surface area contributed by atoms with Gasteiger partial charge in [0.05, 0.1) is 5.69 Å². The van der Waals surface area contributed by atoms with Gasteiger partial charge in [-0.25, -0.2) is 5.84 Å². The van der Waals surface area contributed by atoms with E-state index in [0.717, 1.165) is 0 Å². The molecule has 7 heteroatoms. The van der Waals surface area contributed by atoms with Gasteiger partial charge in [-0.3, -0.25) is 15.2 Å². The van der Waals surface area contributed by atoms with Crippen molar-refractivity contribution in [1.29, 1.82) is 0 Å². The number of nitrogens with zero attached hydrogens (tertiary/aromatic N) is 1. The van der Waals surface area contributed by atoms with E-state index in [0.29, 0.717) is 0 Å². The zero-order valence-electron chi connectivity index (χ0n) is 7.52. The lowest BCUT2D eigenvalue weighted by Gasteiger charge is -2.19. The van der Waals surface area contributed by atoms with E-state index >= 15 is 0 Å². The van der Waals surface area contributed by atoms with Gasteiger partial charge < -0.3 is 5.11 Å². The Labute approximate surface area is 83.9 Å². The summed E-state index contributed by atoms with van der Waals surface area (Å²) in [5, 5.41) is 9.22. The number of aliphatic hydroxyl groups is 1. The van der Waals surface area contributed by atoms with Gasteiger partial charge in [0.1, 0.15) is 0 Å². The van der Waals surface area contributed by atoms with Crippen molar-refractivity contribution < 1.29 is 18.7 Å². The molecule has 1 amide bonds. The average Bonchev–Trinajstić information content (AvgIpc) is 2.28. The molecule has 0 aliphatic carbocycles. The van der Waals surface area contributed by atoms with Gasteiger partial charge in [0.15, 0.2) is 6.10 Å². The number of carbonyl (C=O) groups excluding carboxylic acids is 1. The smallest absolute Gasteiger partial charge is 0.356 e. The number of nitrogens with one attached hydrogen (secondary N) is 1. The van der Waals surface area contributed by atoms with Crippen LogP contribution in [0.15, 0.2) is 24.4 Å². The summed E-state index contributed by atoms with van der Waals surface area (Å²) >= 11 is 0. The summed E-state index contributed by atoms with van der Waals surface area (Å²) in [4.78, 5) is 14.2. The summed E-state index contributed by atoms with van der Waals surface area (Å²) in [6.07, 6.45) is -1.09. The lowest BCUT2D eigenvalue weighted by atomic mass is 10.1. The molecule has 0 aliphatic heterocycles. The van der Waals surface area contributed by atoms with E-state index in [1.165, 1.54) is 29.8 Å². The Kier molecular flexibility index (Phi) is 3.28. The summed E-state index contributed by atoms with van der Waals surface area (Å²) in [6.45, 7) is 0. The van der Waals surface area contributed by atoms with Crippen molar-refractivity contribution in [3.8, 4) is 0 Å². The Morgan fingerprint density at radius 1 is 1.60 bits per heavy atom. The third-order valence-electron chi connectivity index (χ3n) is 1.75. The van der Waals surface area contributed by atoms with E-state index < -0.39 is 17.9 Å². The Morgan fingerprint density at radius 3 is 2.73 bits per heavy atom. The van der Waals surface area contributed by atoms with Crippen molar-refractivity contribution in [1.82, 2.24) is 10.4 Å². The van der Waals surface area contributed by atoms with Crippen molar-refractivity contribution >= 4 is 5.91 Å². The van der Waals surface area contributed by atoms with Gasteiger partial charge in [-0.1, -0.05) is 6.07 Å². The van der Waals surface area contributed by atoms with Gasteiger partial charge in [-0.2, -0.15) is 8.78 Å². The van der Waals surface area contributed by atoms with Crippen LogP contribution in [0.5, 0.6) is 0 Å². The third-order valence-corrected chi connectivity index (χ3v) is 1.75. The number of amides is 1. The minimum absolute atomic E-state index is 0.300. The van der Waals surface area contributed by atoms with Crippen molar-refractivity contribution in [2.24, 2.45) is 5.84 Å². The molecule has 1 atom stereocenters. The van der Waals surface area contributed by atoms with Crippen LogP contribution in [0, 0.1) is 0 Å². The fourth-order valence-electron chi connectivity index (χ4n) is 0.944. The number of hydrazine groups is 1. The first-order valence-corrected chi connectivity index (χ1v) is 3.98. The highest BCUT2D eigenvalue weighted by Crippen LogP contribution is 2.29. The first-order valence-electron chi connectivity index (χ1n) is 3.98. The summed E-state index contributed by atoms with van der Waals surface area (Å²) in [7, 11) is 0. The summed E-state index contributed by atoms with van der Waals surface area (Å²) in [6, 6.07) is 4.10. The molecule has 1 aromatic rings. The fourth-order valence-corrected chi connectivity index (χ4v) is 0.944. The second-order valence-corrected chi connectivity index (χ2v) is 2.75. The number of rotatable bonds is 3. The fraction of sp³-hybridized carbons (Fsp3) is 0.250. The van der Waals surface area contributed by atoms with Gasteiger partial charge >= 0.3 is 11.8 Å². The van der Waals surface area contributed by atoms with Gasteiger partial charge in [0.2, 0.25) is 0 Å². The number of aliphatic hydroxyl groups excluding tert-OH is 1. The standard InChI is InChI=1S/C8H9F2N3O2/c9-8(10,7(15)13-11)6(14)5-3-1-2-4-12-5/h1-4,6,14H,11H2,(H,13,15). The largest absolute Gasteiger partial charge is 0.380 e. The molecule has 0 saturated heterocycles. The Bertz CT molecular complexity index is 345. The highest BCUT2D eigenvalue weighted by Gasteiger charge is 2.47. The van der Waals surface area contributed by atoms with Crippen LogP contribution in [0.3, 0.4) is 0 Å². The molecule has 1 unspecified atom stereocenters. The van der Waals surface area contributed by atoms with Gasteiger partial charge in [0.25, 0.3) is 0 Å². The van der Waals surface area contributed by atoms with E-state index in [4.69, 9.17) is 0 Å². The Morgan fingerprint density at radius 2 is 2.27 bits per heavy atom. The quantitative estimate of drug-likeness (QED) is 0.370. The van der Waals surface area contributed by atoms with Crippen LogP contribution in [0.25, 0.3) is 0 Å². The highest BCUT2D eigenvalue weighted by atomic mass is 19.3. The molecule has 0 fully saturated rings. The minimum atomic E-state index is -4.01. The van der Waals surface area contributed by atoms with Gasteiger partial charge in [-0.05, 0) is 12.1 Å². The zero-order valence-corrected chi connectivity index (χ0v) is 7.52. The van der Waals surface area contributed by atoms with Crippen molar-refractivity contribution in [3.63, 3.8) is 0 Å². The maximum atomic E-state index is 13.1. The van der Waals surface area contributed by atoms with Crippen LogP contribution in [0.1, 0.15) is 11.8 Å². The van der Waals surface area contributed by atoms with E-state index in [1.54, 1.807) is 0 Å². The monoisotopic (exact) mass is 217 g/mol. The second kappa shape index (κ2) is 4.28. The van der Waals surface area contributed by atoms with Crippen molar-refractivity contribution in [3.05, 3.63) is 30.1 Å². The predicted octanol–water partition coefficient (Wildman–Crippen LogP) is -0.260. The molecular formula is C8H9F2N3O2. The van der Waals surface area contributed by atoms with Crippen molar-refractivity contribution in [2.75, 3.05) is 0 Å². The molecule has 0 radical (unpaired) electrons. The molecular weight excluding hydrogens is 208 g/mol. The van der Waals surface area contributed by atoms with E-state index in [-0.39, 0.29) is 5.69 Å². The first kappa shape index (κ1) is 11.5. The maximum Gasteiger partial charge on any atom is 0.356 e. The molecule has 0 aliphatic rings. The molecule has 0 bridgehead atoms. The highest BCUT2D eigenvalue weighted by molar-refractivity contribution is 5.83. The van der Waals surface area contributed by atoms with Crippen LogP contribution in [0.4, 0.5) is 8.78 Å². The summed E-state index contributed by atoms with van der Waals surface area (Å²) in [5.41, 5.74) is 0.979. The van der Waals surface area contributed by atoms with E-state index in [9.17, 15) is 18.7 Å². The topological polar surface area (TPSA) is 88.2 Å². The SMILES string of the molecule is NNC(=O)C(F)(F)C(O)c1ccccn1. The number of hydrogen-bond acceptors (Lipinski definition) is 4. The van der Waals surface area contributed by atoms with Crippen LogP contribution >= 0.6 is 0 Å². The average molecular weight is 217 g/mol. The lowest BCUT2D eigenvalue weighted by molar-refractivity contribution is -0.164. The number of alkyl halides is 2. The summed E-state index contributed by atoms with van der Waals surface area (Å²) in [5.74, 6) is -1.21. The van der Waals surface area contributed by atoms with Gasteiger partial charge in [0, 0.05) is 6.20 Å². The second-order valence-electron chi connectivity index (χ2n) is 2.75. The number of hydrogen-bond donors (Lipinski definition) is 3. The Balaban J connectivity index is 2.94. The molecule has 4 N–H and O–H groups in total. The molecule has 1 rings (SSSR count). The molecule has 0 aromatic carbocycles. The molecule has 82 valence electrons. The molecule has 1 aromatic heterocycles. The minimum Gasteiger partial charge on any atom is -0.380 e. The number of aromatic nitrogens is 1. The van der Waals surface area contributed by atoms with Crippen LogP contribution in [0.2, 0.25) is 0 Å². The first-order chi connectivity index (χ1) is 7.00. The maximum absolute atomic E-state index is 13.1. The normalized spacial score (nSPS) is 13.3. The predicted molar refractivity (Wildman–Crippen MR) is 46.5 cm³/mol. The molecule has 5 nitrogen and oxygen atoms in total.